The van der Waals surface area contributed by atoms with E-state index in [-0.39, 0.29) is 0 Å². The molecule has 0 bridgehead atoms. The highest BCUT2D eigenvalue weighted by molar-refractivity contribution is 7.99. The van der Waals surface area contributed by atoms with Crippen LogP contribution in [-0.4, -0.2) is 15.7 Å². The van der Waals surface area contributed by atoms with Gasteiger partial charge < -0.3 is 0 Å². The quantitative estimate of drug-likeness (QED) is 0.644. The summed E-state index contributed by atoms with van der Waals surface area (Å²) < 4.78 is 0. The van der Waals surface area contributed by atoms with Gasteiger partial charge in [0.1, 0.15) is 5.03 Å². The van der Waals surface area contributed by atoms with E-state index in [1.165, 1.54) is 0 Å². The molecule has 1 heterocycles. The van der Waals surface area contributed by atoms with Gasteiger partial charge in [-0.05, 0) is 5.75 Å². The van der Waals surface area contributed by atoms with Gasteiger partial charge >= 0.3 is 0 Å². The van der Waals surface area contributed by atoms with E-state index in [4.69, 9.17) is 11.6 Å². The Morgan fingerprint density at radius 2 is 2.20 bits per heavy atom. The molecule has 1 rings (SSSR count). The molecule has 0 amide bonds. The van der Waals surface area contributed by atoms with Gasteiger partial charge in [0.25, 0.3) is 0 Å². The zero-order chi connectivity index (χ0) is 7.40. The highest BCUT2D eigenvalue weighted by Crippen LogP contribution is 2.20. The van der Waals surface area contributed by atoms with Crippen molar-refractivity contribution in [1.82, 2.24) is 9.97 Å². The third kappa shape index (κ3) is 1.85. The molecule has 0 atom stereocenters. The molecule has 0 N–H and O–H groups in total. The summed E-state index contributed by atoms with van der Waals surface area (Å²) in [6.07, 6.45) is 3.23. The van der Waals surface area contributed by atoms with Crippen molar-refractivity contribution < 1.29 is 0 Å². The van der Waals surface area contributed by atoms with Gasteiger partial charge in [0.15, 0.2) is 5.15 Å². The van der Waals surface area contributed by atoms with Crippen LogP contribution in [0.25, 0.3) is 0 Å². The molecule has 0 aromatic carbocycles. The molecule has 0 aliphatic carbocycles. The van der Waals surface area contributed by atoms with E-state index in [2.05, 4.69) is 16.9 Å². The highest BCUT2D eigenvalue weighted by Gasteiger charge is 1.98. The lowest BCUT2D eigenvalue weighted by Gasteiger charge is -1.96. The minimum absolute atomic E-state index is 0.495. The smallest absolute Gasteiger partial charge is 0.161 e. The molecule has 1 aromatic rings. The fourth-order valence-electron chi connectivity index (χ4n) is 0.542. The van der Waals surface area contributed by atoms with Crippen LogP contribution in [0.2, 0.25) is 5.15 Å². The molecular weight excluding hydrogens is 168 g/mol. The molecule has 10 heavy (non-hydrogen) atoms. The molecule has 0 unspecified atom stereocenters. The van der Waals surface area contributed by atoms with Gasteiger partial charge in [-0.2, -0.15) is 0 Å². The van der Waals surface area contributed by atoms with E-state index in [9.17, 15) is 0 Å². The number of halogens is 1. The fraction of sp³-hybridized carbons (Fsp3) is 0.333. The SMILES string of the molecule is CCSc1nccnc1Cl. The Hall–Kier alpha value is -0.280. The molecule has 54 valence electrons. The predicted octanol–water partition coefficient (Wildman–Crippen LogP) is 2.24. The molecule has 2 nitrogen and oxygen atoms in total. The van der Waals surface area contributed by atoms with Crippen molar-refractivity contribution in [2.75, 3.05) is 5.75 Å². The predicted molar refractivity (Wildman–Crippen MR) is 43.4 cm³/mol. The van der Waals surface area contributed by atoms with Crippen molar-refractivity contribution in [3.63, 3.8) is 0 Å². The fourth-order valence-corrected chi connectivity index (χ4v) is 1.39. The zero-order valence-corrected chi connectivity index (χ0v) is 7.11. The zero-order valence-electron chi connectivity index (χ0n) is 5.54. The van der Waals surface area contributed by atoms with Crippen LogP contribution in [0.15, 0.2) is 17.4 Å². The van der Waals surface area contributed by atoms with Crippen molar-refractivity contribution in [2.45, 2.75) is 11.9 Å². The second kappa shape index (κ2) is 3.78. The van der Waals surface area contributed by atoms with Gasteiger partial charge in [0.05, 0.1) is 0 Å². The lowest BCUT2D eigenvalue weighted by molar-refractivity contribution is 1.06. The number of rotatable bonds is 2. The Bertz CT molecular complexity index is 217. The molecule has 4 heteroatoms. The number of hydrogen-bond acceptors (Lipinski definition) is 3. The minimum atomic E-state index is 0.495. The van der Waals surface area contributed by atoms with Gasteiger partial charge in [0, 0.05) is 12.4 Å². The maximum absolute atomic E-state index is 5.71. The first-order chi connectivity index (χ1) is 4.84. The van der Waals surface area contributed by atoms with E-state index in [0.717, 1.165) is 10.8 Å². The molecule has 0 radical (unpaired) electrons. The first-order valence-corrected chi connectivity index (χ1v) is 4.30. The van der Waals surface area contributed by atoms with Crippen molar-refractivity contribution >= 4 is 23.4 Å². The summed E-state index contributed by atoms with van der Waals surface area (Å²) in [7, 11) is 0. The Morgan fingerprint density at radius 1 is 1.50 bits per heavy atom. The Labute approximate surface area is 69.0 Å². The number of nitrogens with zero attached hydrogens (tertiary/aromatic N) is 2. The van der Waals surface area contributed by atoms with Crippen molar-refractivity contribution in [3.8, 4) is 0 Å². The maximum Gasteiger partial charge on any atom is 0.161 e. The van der Waals surface area contributed by atoms with E-state index in [0.29, 0.717) is 5.15 Å². The highest BCUT2D eigenvalue weighted by atomic mass is 35.5. The van der Waals surface area contributed by atoms with E-state index < -0.39 is 0 Å². The summed E-state index contributed by atoms with van der Waals surface area (Å²) in [6.45, 7) is 2.05. The van der Waals surface area contributed by atoms with Gasteiger partial charge in [-0.1, -0.05) is 18.5 Å². The molecule has 0 saturated heterocycles. The van der Waals surface area contributed by atoms with Crippen LogP contribution in [0.4, 0.5) is 0 Å². The Kier molecular flexibility index (Phi) is 2.96. The number of aromatic nitrogens is 2. The Balaban J connectivity index is 2.81. The van der Waals surface area contributed by atoms with Crippen molar-refractivity contribution in [3.05, 3.63) is 17.5 Å². The topological polar surface area (TPSA) is 25.8 Å². The van der Waals surface area contributed by atoms with Crippen LogP contribution in [0.1, 0.15) is 6.92 Å². The summed E-state index contributed by atoms with van der Waals surface area (Å²) >= 11 is 7.30. The van der Waals surface area contributed by atoms with Crippen LogP contribution >= 0.6 is 23.4 Å². The van der Waals surface area contributed by atoms with Crippen molar-refractivity contribution in [2.24, 2.45) is 0 Å². The molecular formula is C6H7ClN2S. The summed E-state index contributed by atoms with van der Waals surface area (Å²) in [5, 5.41) is 1.31. The molecule has 0 aliphatic heterocycles. The van der Waals surface area contributed by atoms with Crippen LogP contribution in [0.5, 0.6) is 0 Å². The van der Waals surface area contributed by atoms with Crippen LogP contribution in [0.3, 0.4) is 0 Å². The standard InChI is InChI=1S/C6H7ClN2S/c1-2-10-6-5(7)8-3-4-9-6/h3-4H,2H2,1H3. The second-order valence-electron chi connectivity index (χ2n) is 1.59. The Morgan fingerprint density at radius 3 is 2.80 bits per heavy atom. The van der Waals surface area contributed by atoms with Gasteiger partial charge in [0.2, 0.25) is 0 Å². The first-order valence-electron chi connectivity index (χ1n) is 2.94. The second-order valence-corrected chi connectivity index (χ2v) is 3.20. The van der Waals surface area contributed by atoms with E-state index >= 15 is 0 Å². The lowest BCUT2D eigenvalue weighted by atomic mass is 10.8. The lowest BCUT2D eigenvalue weighted by Crippen LogP contribution is -1.83. The van der Waals surface area contributed by atoms with Gasteiger partial charge in [-0.25, -0.2) is 9.97 Å². The maximum atomic E-state index is 5.71. The summed E-state index contributed by atoms with van der Waals surface area (Å²) in [6, 6.07) is 0. The van der Waals surface area contributed by atoms with Crippen LogP contribution in [0, 0.1) is 0 Å². The normalized spacial score (nSPS) is 9.80. The van der Waals surface area contributed by atoms with Crippen LogP contribution < -0.4 is 0 Å². The molecule has 0 spiro atoms. The summed E-state index contributed by atoms with van der Waals surface area (Å²) in [4.78, 5) is 7.92. The van der Waals surface area contributed by atoms with Gasteiger partial charge in [-0.3, -0.25) is 0 Å². The third-order valence-corrected chi connectivity index (χ3v) is 2.15. The first kappa shape index (κ1) is 7.82. The van der Waals surface area contributed by atoms with Crippen molar-refractivity contribution in [1.29, 1.82) is 0 Å². The molecule has 1 aromatic heterocycles. The molecule has 0 aliphatic rings. The average molecular weight is 175 g/mol. The minimum Gasteiger partial charge on any atom is -0.245 e. The summed E-state index contributed by atoms with van der Waals surface area (Å²) in [5.41, 5.74) is 0. The van der Waals surface area contributed by atoms with E-state index in [1.54, 1.807) is 24.2 Å². The monoisotopic (exact) mass is 174 g/mol. The van der Waals surface area contributed by atoms with Gasteiger partial charge in [-0.15, -0.1) is 11.8 Å². The summed E-state index contributed by atoms with van der Waals surface area (Å²) in [5.74, 6) is 0.971. The number of hydrogen-bond donors (Lipinski definition) is 0. The molecule has 0 fully saturated rings. The average Bonchev–Trinajstić information content (AvgIpc) is 1.94. The largest absolute Gasteiger partial charge is 0.245 e. The number of thioether (sulfide) groups is 1. The van der Waals surface area contributed by atoms with E-state index in [1.807, 2.05) is 0 Å². The molecule has 0 saturated carbocycles. The third-order valence-electron chi connectivity index (χ3n) is 0.904. The van der Waals surface area contributed by atoms with Crippen LogP contribution in [-0.2, 0) is 0 Å².